The van der Waals surface area contributed by atoms with E-state index in [4.69, 9.17) is 10.5 Å². The Morgan fingerprint density at radius 3 is 2.46 bits per heavy atom. The van der Waals surface area contributed by atoms with Crippen LogP contribution in [0.5, 0.6) is 0 Å². The van der Waals surface area contributed by atoms with Crippen molar-refractivity contribution in [2.24, 2.45) is 5.73 Å². The van der Waals surface area contributed by atoms with E-state index >= 15 is 0 Å². The Kier molecular flexibility index (Phi) is 5.90. The monoisotopic (exact) mass is 361 g/mol. The minimum absolute atomic E-state index is 0.0409. The molecule has 0 spiro atoms. The number of nitrogens with two attached hydrogens (primary N) is 1. The lowest BCUT2D eigenvalue weighted by Gasteiger charge is -2.38. The van der Waals surface area contributed by atoms with Crippen LogP contribution in [0.1, 0.15) is 61.3 Å². The van der Waals surface area contributed by atoms with Crippen molar-refractivity contribution in [1.82, 2.24) is 10.2 Å². The van der Waals surface area contributed by atoms with Gasteiger partial charge in [0.05, 0.1) is 0 Å². The zero-order valence-corrected chi connectivity index (χ0v) is 15.7. The van der Waals surface area contributed by atoms with Gasteiger partial charge in [0, 0.05) is 29.8 Å². The van der Waals surface area contributed by atoms with Gasteiger partial charge in [-0.05, 0) is 58.7 Å². The number of ether oxygens (including phenoxy) is 1. The van der Waals surface area contributed by atoms with Crippen molar-refractivity contribution < 1.29 is 19.1 Å². The normalized spacial score (nSPS) is 20.4. The van der Waals surface area contributed by atoms with Crippen LogP contribution in [0.25, 0.3) is 0 Å². The summed E-state index contributed by atoms with van der Waals surface area (Å²) in [6.07, 6.45) is 0.953. The molecule has 1 heterocycles. The Morgan fingerprint density at radius 2 is 1.88 bits per heavy atom. The molecule has 1 aromatic rings. The average Bonchev–Trinajstić information content (AvgIpc) is 2.53. The van der Waals surface area contributed by atoms with Gasteiger partial charge in [-0.25, -0.2) is 4.79 Å². The Morgan fingerprint density at radius 1 is 1.23 bits per heavy atom. The zero-order chi connectivity index (χ0) is 19.5. The molecule has 1 aromatic carbocycles. The maximum absolute atomic E-state index is 12.4. The zero-order valence-electron chi connectivity index (χ0n) is 15.7. The quantitative estimate of drug-likeness (QED) is 0.862. The number of benzene rings is 1. The third-order valence-electron chi connectivity index (χ3n) is 4.25. The van der Waals surface area contributed by atoms with E-state index in [0.717, 1.165) is 0 Å². The predicted molar refractivity (Wildman–Crippen MR) is 97.9 cm³/mol. The predicted octanol–water partition coefficient (Wildman–Crippen LogP) is 2.30. The summed E-state index contributed by atoms with van der Waals surface area (Å²) in [6.45, 7) is 7.96. The van der Waals surface area contributed by atoms with Crippen molar-refractivity contribution in [1.29, 1.82) is 0 Å². The number of nitrogens with zero attached hydrogens (tertiary/aromatic N) is 1. The highest BCUT2D eigenvalue weighted by Crippen LogP contribution is 2.21. The highest BCUT2D eigenvalue weighted by molar-refractivity contribution is 5.99. The first kappa shape index (κ1) is 19.8. The van der Waals surface area contributed by atoms with Gasteiger partial charge >= 0.3 is 6.09 Å². The average molecular weight is 361 g/mol. The first-order valence-electron chi connectivity index (χ1n) is 8.77. The van der Waals surface area contributed by atoms with E-state index < -0.39 is 11.5 Å². The lowest BCUT2D eigenvalue weighted by atomic mass is 9.98. The molecule has 1 fully saturated rings. The molecule has 1 saturated heterocycles. The van der Waals surface area contributed by atoms with Crippen molar-refractivity contribution >= 4 is 17.9 Å². The number of hydrogen-bond donors (Lipinski definition) is 2. The number of likely N-dealkylation sites (tertiary alicyclic amines) is 1. The second-order valence-electron chi connectivity index (χ2n) is 7.66. The van der Waals surface area contributed by atoms with E-state index in [-0.39, 0.29) is 24.1 Å². The van der Waals surface area contributed by atoms with Gasteiger partial charge < -0.3 is 20.7 Å². The molecule has 3 N–H and O–H groups in total. The largest absolute Gasteiger partial charge is 0.444 e. The smallest absolute Gasteiger partial charge is 0.410 e. The molecule has 3 amide bonds. The molecule has 26 heavy (non-hydrogen) atoms. The molecule has 0 bridgehead atoms. The van der Waals surface area contributed by atoms with Crippen molar-refractivity contribution in [3.05, 3.63) is 35.4 Å². The molecule has 1 aliphatic heterocycles. The van der Waals surface area contributed by atoms with Crippen LogP contribution in [0.4, 0.5) is 4.79 Å². The lowest BCUT2D eigenvalue weighted by molar-refractivity contribution is 0.00959. The molecule has 0 saturated carbocycles. The van der Waals surface area contributed by atoms with Crippen LogP contribution in [0.2, 0.25) is 0 Å². The fourth-order valence-corrected chi connectivity index (χ4v) is 2.98. The molecule has 1 aliphatic rings. The third-order valence-corrected chi connectivity index (χ3v) is 4.25. The summed E-state index contributed by atoms with van der Waals surface area (Å²) < 4.78 is 5.42. The van der Waals surface area contributed by atoms with Crippen LogP contribution in [0.15, 0.2) is 24.3 Å². The van der Waals surface area contributed by atoms with Gasteiger partial charge in [0.1, 0.15) is 5.60 Å². The van der Waals surface area contributed by atoms with E-state index in [1.807, 2.05) is 27.7 Å². The van der Waals surface area contributed by atoms with E-state index in [0.29, 0.717) is 30.5 Å². The third kappa shape index (κ3) is 5.21. The van der Waals surface area contributed by atoms with Crippen LogP contribution in [0.3, 0.4) is 0 Å². The summed E-state index contributed by atoms with van der Waals surface area (Å²) in [4.78, 5) is 37.6. The van der Waals surface area contributed by atoms with E-state index in [1.165, 1.54) is 6.07 Å². The van der Waals surface area contributed by atoms with Gasteiger partial charge in [0.25, 0.3) is 5.91 Å². The van der Waals surface area contributed by atoms with Gasteiger partial charge in [-0.3, -0.25) is 9.59 Å². The second kappa shape index (κ2) is 7.76. The SMILES string of the molecule is C[C@@H]1C[C@@H](NC(=O)c2cccc(C(N)=O)c2)CCN1C(=O)OC(C)(C)C. The molecular weight excluding hydrogens is 334 g/mol. The van der Waals surface area contributed by atoms with Crippen molar-refractivity contribution in [2.45, 2.75) is 58.2 Å². The van der Waals surface area contributed by atoms with Gasteiger partial charge in [-0.15, -0.1) is 0 Å². The molecule has 7 nitrogen and oxygen atoms in total. The van der Waals surface area contributed by atoms with Crippen LogP contribution in [-0.4, -0.2) is 47.0 Å². The first-order valence-corrected chi connectivity index (χ1v) is 8.77. The number of nitrogens with one attached hydrogen (secondary N) is 1. The van der Waals surface area contributed by atoms with E-state index in [1.54, 1.807) is 23.1 Å². The first-order chi connectivity index (χ1) is 12.1. The molecular formula is C19H27N3O4. The van der Waals surface area contributed by atoms with Crippen molar-refractivity contribution in [2.75, 3.05) is 6.54 Å². The molecule has 2 atom stereocenters. The van der Waals surface area contributed by atoms with Crippen LogP contribution >= 0.6 is 0 Å². The summed E-state index contributed by atoms with van der Waals surface area (Å²) in [5.41, 5.74) is 5.41. The molecule has 0 aliphatic carbocycles. The number of amides is 3. The summed E-state index contributed by atoms with van der Waals surface area (Å²) in [5, 5.41) is 2.97. The summed E-state index contributed by atoms with van der Waals surface area (Å²) in [6, 6.07) is 6.23. The molecule has 0 aromatic heterocycles. The highest BCUT2D eigenvalue weighted by atomic mass is 16.6. The molecule has 7 heteroatoms. The van der Waals surface area contributed by atoms with Gasteiger partial charge in [-0.1, -0.05) is 6.07 Å². The Bertz CT molecular complexity index is 696. The number of rotatable bonds is 3. The molecule has 0 radical (unpaired) electrons. The summed E-state index contributed by atoms with van der Waals surface area (Å²) >= 11 is 0. The van der Waals surface area contributed by atoms with Gasteiger partial charge in [-0.2, -0.15) is 0 Å². The molecule has 142 valence electrons. The standard InChI is InChI=1S/C19H27N3O4/c1-12-10-15(8-9-22(12)18(25)26-19(2,3)4)21-17(24)14-7-5-6-13(11-14)16(20)23/h5-7,11-12,15H,8-10H2,1-4H3,(H2,20,23)(H,21,24)/t12-,15+/m1/s1. The summed E-state index contributed by atoms with van der Waals surface area (Å²) in [5.74, 6) is -0.824. The number of primary amides is 1. The molecule has 0 unspecified atom stereocenters. The van der Waals surface area contributed by atoms with E-state index in [9.17, 15) is 14.4 Å². The molecule has 2 rings (SSSR count). The fraction of sp³-hybridized carbons (Fsp3) is 0.526. The van der Waals surface area contributed by atoms with Crippen molar-refractivity contribution in [3.63, 3.8) is 0 Å². The minimum Gasteiger partial charge on any atom is -0.444 e. The fourth-order valence-electron chi connectivity index (χ4n) is 2.98. The maximum atomic E-state index is 12.4. The van der Waals surface area contributed by atoms with Gasteiger partial charge in [0.2, 0.25) is 5.91 Å². The number of carbonyl (C=O) groups is 3. The Balaban J connectivity index is 1.95. The number of carbonyl (C=O) groups excluding carboxylic acids is 3. The van der Waals surface area contributed by atoms with Crippen molar-refractivity contribution in [3.8, 4) is 0 Å². The second-order valence-corrected chi connectivity index (χ2v) is 7.66. The van der Waals surface area contributed by atoms with Crippen LogP contribution in [0, 0.1) is 0 Å². The summed E-state index contributed by atoms with van der Waals surface area (Å²) in [7, 11) is 0. The maximum Gasteiger partial charge on any atom is 0.410 e. The van der Waals surface area contributed by atoms with E-state index in [2.05, 4.69) is 5.32 Å². The number of hydrogen-bond acceptors (Lipinski definition) is 4. The Labute approximate surface area is 153 Å². The number of piperidine rings is 1. The van der Waals surface area contributed by atoms with Gasteiger partial charge in [0.15, 0.2) is 0 Å². The highest BCUT2D eigenvalue weighted by Gasteiger charge is 2.32. The minimum atomic E-state index is -0.570. The lowest BCUT2D eigenvalue weighted by Crippen LogP contribution is -2.52. The topological polar surface area (TPSA) is 102 Å². The van der Waals surface area contributed by atoms with Crippen LogP contribution < -0.4 is 11.1 Å². The van der Waals surface area contributed by atoms with Crippen LogP contribution in [-0.2, 0) is 4.74 Å². The Hall–Kier alpha value is -2.57.